The van der Waals surface area contributed by atoms with Crippen molar-refractivity contribution in [2.24, 2.45) is 0 Å². The SMILES string of the molecule is CC(=O)Nc1ccc(Br)cc1C(=O)N1CCC[C@H]1C(=O)NCc1ccc(Cl)cc1. The first-order chi connectivity index (χ1) is 13.8. The number of hydrogen-bond acceptors (Lipinski definition) is 3. The van der Waals surface area contributed by atoms with Gasteiger partial charge in [-0.05, 0) is 48.7 Å². The van der Waals surface area contributed by atoms with Crippen LogP contribution in [0.2, 0.25) is 5.02 Å². The zero-order chi connectivity index (χ0) is 21.0. The lowest BCUT2D eigenvalue weighted by molar-refractivity contribution is -0.125. The molecule has 2 aromatic rings. The maximum atomic E-state index is 13.2. The normalized spacial score (nSPS) is 15.8. The molecule has 0 aromatic heterocycles. The van der Waals surface area contributed by atoms with Gasteiger partial charge in [-0.1, -0.05) is 39.7 Å². The summed E-state index contributed by atoms with van der Waals surface area (Å²) in [6.07, 6.45) is 1.34. The molecule has 1 aliphatic heterocycles. The first-order valence-corrected chi connectivity index (χ1v) is 10.4. The van der Waals surface area contributed by atoms with Crippen molar-refractivity contribution in [3.8, 4) is 0 Å². The first kappa shape index (κ1) is 21.3. The largest absolute Gasteiger partial charge is 0.350 e. The Balaban J connectivity index is 1.73. The van der Waals surface area contributed by atoms with E-state index in [4.69, 9.17) is 11.6 Å². The van der Waals surface area contributed by atoms with Crippen LogP contribution in [0.3, 0.4) is 0 Å². The topological polar surface area (TPSA) is 78.5 Å². The summed E-state index contributed by atoms with van der Waals surface area (Å²) in [7, 11) is 0. The number of amides is 3. The highest BCUT2D eigenvalue weighted by Crippen LogP contribution is 2.27. The van der Waals surface area contributed by atoms with Crippen LogP contribution in [0.15, 0.2) is 46.9 Å². The second-order valence-corrected chi connectivity index (χ2v) is 8.22. The Morgan fingerprint density at radius 1 is 1.17 bits per heavy atom. The van der Waals surface area contributed by atoms with Crippen molar-refractivity contribution in [1.29, 1.82) is 0 Å². The van der Waals surface area contributed by atoms with Gasteiger partial charge in [-0.25, -0.2) is 0 Å². The van der Waals surface area contributed by atoms with Crippen LogP contribution >= 0.6 is 27.5 Å². The van der Waals surface area contributed by atoms with E-state index in [9.17, 15) is 14.4 Å². The van der Waals surface area contributed by atoms with E-state index in [1.807, 2.05) is 12.1 Å². The molecule has 1 atom stereocenters. The van der Waals surface area contributed by atoms with Gasteiger partial charge in [-0.15, -0.1) is 0 Å². The molecule has 2 aromatic carbocycles. The Kier molecular flexibility index (Phi) is 6.92. The number of hydrogen-bond donors (Lipinski definition) is 2. The summed E-state index contributed by atoms with van der Waals surface area (Å²) in [4.78, 5) is 39.0. The molecular weight excluding hydrogens is 458 g/mol. The summed E-state index contributed by atoms with van der Waals surface area (Å²) in [5.41, 5.74) is 1.71. The molecule has 1 fully saturated rings. The first-order valence-electron chi connectivity index (χ1n) is 9.25. The van der Waals surface area contributed by atoms with E-state index in [0.29, 0.717) is 35.8 Å². The average Bonchev–Trinajstić information content (AvgIpc) is 3.18. The molecule has 1 aliphatic rings. The minimum atomic E-state index is -0.543. The minimum Gasteiger partial charge on any atom is -0.350 e. The summed E-state index contributed by atoms with van der Waals surface area (Å²) in [6.45, 7) is 2.24. The van der Waals surface area contributed by atoms with Crippen molar-refractivity contribution >= 4 is 50.9 Å². The molecule has 0 spiro atoms. The highest BCUT2D eigenvalue weighted by molar-refractivity contribution is 9.10. The highest BCUT2D eigenvalue weighted by Gasteiger charge is 2.35. The number of nitrogens with zero attached hydrogens (tertiary/aromatic N) is 1. The summed E-state index contributed by atoms with van der Waals surface area (Å²) >= 11 is 9.25. The van der Waals surface area contributed by atoms with Gasteiger partial charge in [0.15, 0.2) is 0 Å². The summed E-state index contributed by atoms with van der Waals surface area (Å²) in [5, 5.41) is 6.22. The molecule has 6 nitrogen and oxygen atoms in total. The molecule has 1 saturated heterocycles. The van der Waals surface area contributed by atoms with Crippen molar-refractivity contribution in [1.82, 2.24) is 10.2 Å². The molecule has 3 rings (SSSR count). The van der Waals surface area contributed by atoms with Crippen molar-refractivity contribution in [2.75, 3.05) is 11.9 Å². The standard InChI is InChI=1S/C21H21BrClN3O3/c1-13(27)25-18-9-6-15(22)11-17(18)21(29)26-10-2-3-19(26)20(28)24-12-14-4-7-16(23)8-5-14/h4-9,11,19H,2-3,10,12H2,1H3,(H,24,28)(H,25,27)/t19-/m0/s1. The van der Waals surface area contributed by atoms with Crippen molar-refractivity contribution in [3.63, 3.8) is 0 Å². The molecular formula is C21H21BrClN3O3. The fraction of sp³-hybridized carbons (Fsp3) is 0.286. The molecule has 1 heterocycles. The van der Waals surface area contributed by atoms with E-state index in [1.165, 1.54) is 6.92 Å². The van der Waals surface area contributed by atoms with Gasteiger partial charge in [0.05, 0.1) is 11.3 Å². The minimum absolute atomic E-state index is 0.193. The predicted molar refractivity (Wildman–Crippen MR) is 116 cm³/mol. The van der Waals surface area contributed by atoms with Crippen LogP contribution in [-0.2, 0) is 16.1 Å². The third-order valence-electron chi connectivity index (χ3n) is 4.72. The van der Waals surface area contributed by atoms with Crippen LogP contribution in [-0.4, -0.2) is 35.2 Å². The van der Waals surface area contributed by atoms with E-state index in [-0.39, 0.29) is 17.7 Å². The molecule has 0 bridgehead atoms. The van der Waals surface area contributed by atoms with Gasteiger partial charge in [0.1, 0.15) is 6.04 Å². The van der Waals surface area contributed by atoms with Crippen LogP contribution in [0.1, 0.15) is 35.7 Å². The van der Waals surface area contributed by atoms with E-state index >= 15 is 0 Å². The molecule has 0 unspecified atom stereocenters. The van der Waals surface area contributed by atoms with Crippen LogP contribution < -0.4 is 10.6 Å². The monoisotopic (exact) mass is 477 g/mol. The predicted octanol–water partition coefficient (Wildman–Crippen LogP) is 3.98. The molecule has 152 valence electrons. The Morgan fingerprint density at radius 3 is 2.59 bits per heavy atom. The Labute approximate surface area is 182 Å². The third-order valence-corrected chi connectivity index (χ3v) is 5.46. The lowest BCUT2D eigenvalue weighted by Gasteiger charge is -2.25. The van der Waals surface area contributed by atoms with Crippen LogP contribution in [0.4, 0.5) is 5.69 Å². The molecule has 0 radical (unpaired) electrons. The Bertz CT molecular complexity index is 933. The molecule has 3 amide bonds. The van der Waals surface area contributed by atoms with Gasteiger partial charge in [0.25, 0.3) is 5.91 Å². The Hall–Kier alpha value is -2.38. The fourth-order valence-corrected chi connectivity index (χ4v) is 3.83. The van der Waals surface area contributed by atoms with Gasteiger partial charge in [-0.3, -0.25) is 14.4 Å². The van der Waals surface area contributed by atoms with Gasteiger partial charge >= 0.3 is 0 Å². The molecule has 29 heavy (non-hydrogen) atoms. The number of halogens is 2. The fourth-order valence-electron chi connectivity index (χ4n) is 3.34. The maximum absolute atomic E-state index is 13.2. The summed E-state index contributed by atoms with van der Waals surface area (Å²) < 4.78 is 0.720. The lowest BCUT2D eigenvalue weighted by Crippen LogP contribution is -2.45. The third kappa shape index (κ3) is 5.36. The maximum Gasteiger partial charge on any atom is 0.256 e. The highest BCUT2D eigenvalue weighted by atomic mass is 79.9. The van der Waals surface area contributed by atoms with Crippen molar-refractivity contribution < 1.29 is 14.4 Å². The lowest BCUT2D eigenvalue weighted by atomic mass is 10.1. The number of likely N-dealkylation sites (tertiary alicyclic amines) is 1. The number of rotatable bonds is 5. The van der Waals surface area contributed by atoms with Gasteiger partial charge in [-0.2, -0.15) is 0 Å². The molecule has 8 heteroatoms. The van der Waals surface area contributed by atoms with Crippen LogP contribution in [0, 0.1) is 0 Å². The number of benzene rings is 2. The molecule has 0 aliphatic carbocycles. The van der Waals surface area contributed by atoms with Gasteiger partial charge in [0.2, 0.25) is 11.8 Å². The van der Waals surface area contributed by atoms with E-state index in [0.717, 1.165) is 16.5 Å². The van der Waals surface area contributed by atoms with E-state index < -0.39 is 6.04 Å². The number of anilines is 1. The Morgan fingerprint density at radius 2 is 1.90 bits per heavy atom. The number of nitrogens with one attached hydrogen (secondary N) is 2. The van der Waals surface area contributed by atoms with Crippen molar-refractivity contribution in [3.05, 3.63) is 63.1 Å². The second kappa shape index (κ2) is 9.41. The smallest absolute Gasteiger partial charge is 0.256 e. The van der Waals surface area contributed by atoms with Gasteiger partial charge < -0.3 is 15.5 Å². The summed E-state index contributed by atoms with van der Waals surface area (Å²) in [5.74, 6) is -0.735. The van der Waals surface area contributed by atoms with E-state index in [1.54, 1.807) is 35.2 Å². The summed E-state index contributed by atoms with van der Waals surface area (Å²) in [6, 6.07) is 11.8. The zero-order valence-electron chi connectivity index (χ0n) is 15.9. The van der Waals surface area contributed by atoms with Crippen LogP contribution in [0.25, 0.3) is 0 Å². The average molecular weight is 479 g/mol. The number of carbonyl (C=O) groups excluding carboxylic acids is 3. The van der Waals surface area contributed by atoms with Crippen molar-refractivity contribution in [2.45, 2.75) is 32.4 Å². The van der Waals surface area contributed by atoms with E-state index in [2.05, 4.69) is 26.6 Å². The molecule has 0 saturated carbocycles. The molecule has 2 N–H and O–H groups in total. The zero-order valence-corrected chi connectivity index (χ0v) is 18.2. The number of carbonyl (C=O) groups is 3. The van der Waals surface area contributed by atoms with Crippen LogP contribution in [0.5, 0.6) is 0 Å². The quantitative estimate of drug-likeness (QED) is 0.682. The second-order valence-electron chi connectivity index (χ2n) is 6.87. The van der Waals surface area contributed by atoms with Gasteiger partial charge in [0, 0.05) is 29.5 Å².